The summed E-state index contributed by atoms with van der Waals surface area (Å²) in [4.78, 5) is 14.7. The molecule has 6 heteroatoms. The van der Waals surface area contributed by atoms with E-state index in [-0.39, 0.29) is 11.9 Å². The first kappa shape index (κ1) is 13.9. The van der Waals surface area contributed by atoms with Crippen LogP contribution in [-0.2, 0) is 0 Å². The number of carbonyl (C=O) groups excluding carboxylic acids is 1. The van der Waals surface area contributed by atoms with Crippen LogP contribution in [0.4, 0.5) is 0 Å². The van der Waals surface area contributed by atoms with Gasteiger partial charge in [-0.25, -0.2) is 0 Å². The Morgan fingerprint density at radius 2 is 2.05 bits per heavy atom. The highest BCUT2D eigenvalue weighted by atomic mass is 16.5. The zero-order chi connectivity index (χ0) is 15.0. The fourth-order valence-electron chi connectivity index (χ4n) is 2.96. The molecule has 112 valence electrons. The third kappa shape index (κ3) is 2.46. The van der Waals surface area contributed by atoms with E-state index in [0.717, 1.165) is 37.3 Å². The normalized spacial score (nSPS) is 19.0. The number of piperidine rings is 1. The standard InChI is InChI=1S/C15H19N3O3/c1-9-8-12(17-20-9)13-6-4-5-7-18(13)15(19)14-10(2)16-21-11(14)3/h8,13H,4-7H2,1-3H3/t13-/m1/s1. The van der Waals surface area contributed by atoms with E-state index in [1.807, 2.05) is 17.9 Å². The molecule has 1 aliphatic rings. The predicted octanol–water partition coefficient (Wildman–Crippen LogP) is 2.96. The lowest BCUT2D eigenvalue weighted by Crippen LogP contribution is -2.39. The van der Waals surface area contributed by atoms with Crippen molar-refractivity contribution in [2.75, 3.05) is 6.54 Å². The maximum Gasteiger partial charge on any atom is 0.259 e. The summed E-state index contributed by atoms with van der Waals surface area (Å²) in [6.07, 6.45) is 2.99. The average molecular weight is 289 g/mol. The molecule has 0 spiro atoms. The number of hydrogen-bond donors (Lipinski definition) is 0. The fourth-order valence-corrected chi connectivity index (χ4v) is 2.96. The van der Waals surface area contributed by atoms with Crippen LogP contribution in [-0.4, -0.2) is 27.7 Å². The van der Waals surface area contributed by atoms with E-state index in [1.165, 1.54) is 0 Å². The minimum Gasteiger partial charge on any atom is -0.361 e. The van der Waals surface area contributed by atoms with Crippen molar-refractivity contribution in [1.29, 1.82) is 0 Å². The van der Waals surface area contributed by atoms with Crippen molar-refractivity contribution in [3.05, 3.63) is 34.5 Å². The van der Waals surface area contributed by atoms with Gasteiger partial charge in [-0.15, -0.1) is 0 Å². The van der Waals surface area contributed by atoms with Gasteiger partial charge in [0.05, 0.1) is 11.7 Å². The summed E-state index contributed by atoms with van der Waals surface area (Å²) in [5.41, 5.74) is 2.03. The molecule has 0 unspecified atom stereocenters. The lowest BCUT2D eigenvalue weighted by atomic mass is 9.97. The van der Waals surface area contributed by atoms with Gasteiger partial charge in [-0.2, -0.15) is 0 Å². The minimum absolute atomic E-state index is 0.0302. The largest absolute Gasteiger partial charge is 0.361 e. The second kappa shape index (κ2) is 5.35. The second-order valence-electron chi connectivity index (χ2n) is 5.57. The van der Waals surface area contributed by atoms with Crippen molar-refractivity contribution in [3.8, 4) is 0 Å². The van der Waals surface area contributed by atoms with Crippen LogP contribution in [0.2, 0.25) is 0 Å². The zero-order valence-electron chi connectivity index (χ0n) is 12.5. The SMILES string of the molecule is Cc1cc([C@H]2CCCCN2C(=O)c2c(C)noc2C)no1. The van der Waals surface area contributed by atoms with Gasteiger partial charge < -0.3 is 13.9 Å². The molecule has 1 aliphatic heterocycles. The Balaban J connectivity index is 1.93. The molecule has 1 saturated heterocycles. The maximum absolute atomic E-state index is 12.9. The fraction of sp³-hybridized carbons (Fsp3) is 0.533. The molecule has 3 rings (SSSR count). The minimum atomic E-state index is -0.0309. The first-order valence-corrected chi connectivity index (χ1v) is 7.25. The molecule has 0 saturated carbocycles. The van der Waals surface area contributed by atoms with Crippen molar-refractivity contribution >= 4 is 5.91 Å². The molecule has 1 amide bonds. The van der Waals surface area contributed by atoms with E-state index in [0.29, 0.717) is 17.0 Å². The summed E-state index contributed by atoms with van der Waals surface area (Å²) < 4.78 is 10.3. The van der Waals surface area contributed by atoms with Crippen molar-refractivity contribution in [3.63, 3.8) is 0 Å². The lowest BCUT2D eigenvalue weighted by Gasteiger charge is -2.34. The van der Waals surface area contributed by atoms with Crippen LogP contribution in [0.25, 0.3) is 0 Å². The number of hydrogen-bond acceptors (Lipinski definition) is 5. The van der Waals surface area contributed by atoms with Gasteiger partial charge in [0, 0.05) is 12.6 Å². The van der Waals surface area contributed by atoms with Gasteiger partial charge >= 0.3 is 0 Å². The Bertz CT molecular complexity index is 639. The molecule has 1 atom stereocenters. The van der Waals surface area contributed by atoms with Gasteiger partial charge in [-0.1, -0.05) is 10.3 Å². The summed E-state index contributed by atoms with van der Waals surface area (Å²) >= 11 is 0. The van der Waals surface area contributed by atoms with Crippen molar-refractivity contribution in [2.24, 2.45) is 0 Å². The van der Waals surface area contributed by atoms with Crippen molar-refractivity contribution in [1.82, 2.24) is 15.2 Å². The number of nitrogens with zero attached hydrogens (tertiary/aromatic N) is 3. The average Bonchev–Trinajstić information content (AvgIpc) is 3.05. The smallest absolute Gasteiger partial charge is 0.259 e. The van der Waals surface area contributed by atoms with E-state index in [9.17, 15) is 4.79 Å². The first-order valence-electron chi connectivity index (χ1n) is 7.25. The number of aromatic nitrogens is 2. The van der Waals surface area contributed by atoms with Crippen LogP contribution in [0.5, 0.6) is 0 Å². The maximum atomic E-state index is 12.9. The molecule has 0 N–H and O–H groups in total. The molecular formula is C15H19N3O3. The highest BCUT2D eigenvalue weighted by Crippen LogP contribution is 2.32. The zero-order valence-corrected chi connectivity index (χ0v) is 12.5. The summed E-state index contributed by atoms with van der Waals surface area (Å²) in [5, 5.41) is 7.97. The predicted molar refractivity (Wildman–Crippen MR) is 74.8 cm³/mol. The molecule has 0 aliphatic carbocycles. The Labute approximate surface area is 123 Å². The van der Waals surface area contributed by atoms with Crippen LogP contribution in [0, 0.1) is 20.8 Å². The Kier molecular flexibility index (Phi) is 3.53. The Hall–Kier alpha value is -2.11. The molecule has 6 nitrogen and oxygen atoms in total. The Morgan fingerprint density at radius 3 is 2.67 bits per heavy atom. The topological polar surface area (TPSA) is 72.4 Å². The molecule has 0 bridgehead atoms. The number of amides is 1. The molecular weight excluding hydrogens is 270 g/mol. The molecule has 2 aromatic heterocycles. The first-order chi connectivity index (χ1) is 10.1. The van der Waals surface area contributed by atoms with E-state index in [2.05, 4.69) is 10.3 Å². The van der Waals surface area contributed by atoms with Crippen LogP contribution < -0.4 is 0 Å². The Morgan fingerprint density at radius 1 is 1.24 bits per heavy atom. The number of aryl methyl sites for hydroxylation is 3. The van der Waals surface area contributed by atoms with Gasteiger partial charge in [0.2, 0.25) is 0 Å². The summed E-state index contributed by atoms with van der Waals surface area (Å²) in [6, 6.07) is 1.88. The number of carbonyl (C=O) groups is 1. The highest BCUT2D eigenvalue weighted by Gasteiger charge is 2.33. The third-order valence-electron chi connectivity index (χ3n) is 4.00. The van der Waals surface area contributed by atoms with Gasteiger partial charge in [0.1, 0.15) is 22.8 Å². The lowest BCUT2D eigenvalue weighted by molar-refractivity contribution is 0.0599. The monoisotopic (exact) mass is 289 g/mol. The molecule has 3 heterocycles. The summed E-state index contributed by atoms with van der Waals surface area (Å²) in [5.74, 6) is 1.30. The van der Waals surface area contributed by atoms with E-state index in [1.54, 1.807) is 13.8 Å². The van der Waals surface area contributed by atoms with Gasteiger partial charge in [-0.05, 0) is 40.0 Å². The molecule has 0 radical (unpaired) electrons. The van der Waals surface area contributed by atoms with Crippen LogP contribution >= 0.6 is 0 Å². The van der Waals surface area contributed by atoms with Crippen LogP contribution in [0.15, 0.2) is 15.1 Å². The third-order valence-corrected chi connectivity index (χ3v) is 4.00. The summed E-state index contributed by atoms with van der Waals surface area (Å²) in [6.45, 7) is 6.15. The quantitative estimate of drug-likeness (QED) is 0.850. The van der Waals surface area contributed by atoms with E-state index in [4.69, 9.17) is 9.05 Å². The molecule has 21 heavy (non-hydrogen) atoms. The number of rotatable bonds is 2. The van der Waals surface area contributed by atoms with E-state index < -0.39 is 0 Å². The summed E-state index contributed by atoms with van der Waals surface area (Å²) in [7, 11) is 0. The van der Waals surface area contributed by atoms with Crippen molar-refractivity contribution in [2.45, 2.75) is 46.1 Å². The van der Waals surface area contributed by atoms with Gasteiger partial charge in [-0.3, -0.25) is 4.79 Å². The highest BCUT2D eigenvalue weighted by molar-refractivity contribution is 5.96. The van der Waals surface area contributed by atoms with E-state index >= 15 is 0 Å². The van der Waals surface area contributed by atoms with Crippen LogP contribution in [0.3, 0.4) is 0 Å². The molecule has 0 aromatic carbocycles. The molecule has 1 fully saturated rings. The van der Waals surface area contributed by atoms with Gasteiger partial charge in [0.15, 0.2) is 0 Å². The van der Waals surface area contributed by atoms with Crippen molar-refractivity contribution < 1.29 is 13.8 Å². The van der Waals surface area contributed by atoms with Crippen LogP contribution in [0.1, 0.15) is 58.6 Å². The number of likely N-dealkylation sites (tertiary alicyclic amines) is 1. The molecule has 2 aromatic rings. The van der Waals surface area contributed by atoms with Gasteiger partial charge in [0.25, 0.3) is 5.91 Å². The second-order valence-corrected chi connectivity index (χ2v) is 5.57.